The van der Waals surface area contributed by atoms with E-state index < -0.39 is 21.2 Å². The van der Waals surface area contributed by atoms with Crippen LogP contribution in [0.15, 0.2) is 0 Å². The summed E-state index contributed by atoms with van der Waals surface area (Å²) >= 11 is 1.32. The first kappa shape index (κ1) is 5.93. The average Bonchev–Trinajstić information content (AvgIpc) is 1.38. The topological polar surface area (TPSA) is 37.3 Å². The minimum absolute atomic E-state index is 0.566. The van der Waals surface area contributed by atoms with E-state index in [1.807, 2.05) is 18.6 Å². The molecule has 0 rings (SSSR count). The molecule has 0 aliphatic rings. The van der Waals surface area contributed by atoms with Gasteiger partial charge in [-0.25, -0.2) is 0 Å². The predicted octanol–water partition coefficient (Wildman–Crippen LogP) is -1.90. The van der Waals surface area contributed by atoms with Crippen LogP contribution in [0.5, 0.6) is 0 Å². The number of halogens is 2. The van der Waals surface area contributed by atoms with Gasteiger partial charge >= 0.3 is 49.7 Å². The van der Waals surface area contributed by atoms with Crippen molar-refractivity contribution < 1.29 is 27.1 Å². The van der Waals surface area contributed by atoms with E-state index in [9.17, 15) is 4.79 Å². The first-order valence-electron chi connectivity index (χ1n) is 0.760. The van der Waals surface area contributed by atoms with Gasteiger partial charge < -0.3 is 0 Å². The monoisotopic (exact) mass is 299 g/mol. The van der Waals surface area contributed by atoms with Gasteiger partial charge in [0.2, 0.25) is 0 Å². The van der Waals surface area contributed by atoms with Gasteiger partial charge in [-0.3, -0.25) is 0 Å². The van der Waals surface area contributed by atoms with Crippen LogP contribution in [0.4, 0.5) is 4.79 Å². The summed E-state index contributed by atoms with van der Waals surface area (Å²) in [6.07, 6.45) is 0. The van der Waals surface area contributed by atoms with Crippen LogP contribution in [0.25, 0.3) is 0 Å². The Bertz CT molecular complexity index is 42.9. The van der Waals surface area contributed by atoms with Gasteiger partial charge in [-0.15, -0.1) is 0 Å². The second-order valence-corrected chi connectivity index (χ2v) is 4.39. The SMILES string of the molecule is O=C(O)[I-]I. The zero-order valence-electron chi connectivity index (χ0n) is 2.11. The van der Waals surface area contributed by atoms with Gasteiger partial charge in [0.1, 0.15) is 0 Å². The van der Waals surface area contributed by atoms with Crippen LogP contribution in [-0.2, 0) is 0 Å². The fourth-order valence-electron chi connectivity index (χ4n) is 0. The summed E-state index contributed by atoms with van der Waals surface area (Å²) in [6, 6.07) is 0. The van der Waals surface area contributed by atoms with Crippen LogP contribution in [0, 0.1) is 0 Å². The summed E-state index contributed by atoms with van der Waals surface area (Å²) in [7, 11) is 0. The predicted molar refractivity (Wildman–Crippen MR) is 22.0 cm³/mol. The molecule has 0 bridgehead atoms. The Hall–Kier alpha value is 0.930. The van der Waals surface area contributed by atoms with Crippen molar-refractivity contribution in [2.75, 3.05) is 0 Å². The zero-order chi connectivity index (χ0) is 4.28. The molecule has 0 aromatic heterocycles. The molecule has 0 spiro atoms. The molecule has 0 unspecified atom stereocenters. The molecule has 0 radical (unpaired) electrons. The van der Waals surface area contributed by atoms with Crippen molar-refractivity contribution in [2.45, 2.75) is 0 Å². The maximum absolute atomic E-state index is 9.41. The molecular formula is CHI2O2-. The standard InChI is InChI=1S/CHI2O2/c2-3-1(4)5/h(H,4,5)/q-1. The zero-order valence-corrected chi connectivity index (χ0v) is 6.43. The van der Waals surface area contributed by atoms with Gasteiger partial charge in [0, 0.05) is 0 Å². The molecule has 0 aromatic carbocycles. The summed E-state index contributed by atoms with van der Waals surface area (Å²) in [5.74, 6) is 0. The molecule has 0 saturated heterocycles. The Kier molecular flexibility index (Phi) is 3.72. The molecule has 0 heterocycles. The van der Waals surface area contributed by atoms with E-state index in [1.54, 1.807) is 0 Å². The summed E-state index contributed by atoms with van der Waals surface area (Å²) < 4.78 is -0.649. The molecule has 0 atom stereocenters. The molecule has 5 heavy (non-hydrogen) atoms. The molecule has 4 heteroatoms. The Morgan fingerprint density at radius 1 is 2.00 bits per heavy atom. The Morgan fingerprint density at radius 2 is 2.20 bits per heavy atom. The van der Waals surface area contributed by atoms with Crippen molar-refractivity contribution in [1.82, 2.24) is 0 Å². The molecule has 0 saturated carbocycles. The van der Waals surface area contributed by atoms with E-state index in [0.717, 1.165) is 0 Å². The number of carbonyl (C=O) groups is 1. The molecular weight excluding hydrogens is 298 g/mol. The first-order chi connectivity index (χ1) is 2.27. The van der Waals surface area contributed by atoms with Crippen molar-refractivity contribution in [3.05, 3.63) is 0 Å². The van der Waals surface area contributed by atoms with E-state index in [0.29, 0.717) is 0 Å². The van der Waals surface area contributed by atoms with Crippen molar-refractivity contribution in [3.63, 3.8) is 0 Å². The van der Waals surface area contributed by atoms with Crippen LogP contribution in [0.2, 0.25) is 0 Å². The fraction of sp³-hybridized carbons (Fsp3) is 0. The second-order valence-electron chi connectivity index (χ2n) is 0.324. The van der Waals surface area contributed by atoms with Crippen molar-refractivity contribution in [3.8, 4) is 0 Å². The van der Waals surface area contributed by atoms with Crippen molar-refractivity contribution in [1.29, 1.82) is 0 Å². The summed E-state index contributed by atoms with van der Waals surface area (Å²) in [6.45, 7) is 0. The van der Waals surface area contributed by atoms with Gasteiger partial charge in [0.15, 0.2) is 0 Å². The third kappa shape index (κ3) is 4.93. The minimum atomic E-state index is -0.649. The van der Waals surface area contributed by atoms with Gasteiger partial charge in [-0.05, 0) is 0 Å². The van der Waals surface area contributed by atoms with Crippen LogP contribution in [-0.4, -0.2) is 9.08 Å². The number of carboxylic acid groups (broad SMARTS) is 1. The second kappa shape index (κ2) is 3.13. The van der Waals surface area contributed by atoms with E-state index in [-0.39, 0.29) is 0 Å². The van der Waals surface area contributed by atoms with Crippen LogP contribution < -0.4 is 17.2 Å². The maximum atomic E-state index is 9.41. The van der Waals surface area contributed by atoms with Gasteiger partial charge in [-0.1, -0.05) is 0 Å². The summed E-state index contributed by atoms with van der Waals surface area (Å²) in [5, 5.41) is 7.76. The third-order valence-electron chi connectivity index (χ3n) is 0.0611. The van der Waals surface area contributed by atoms with Gasteiger partial charge in [0.25, 0.3) is 0 Å². The van der Waals surface area contributed by atoms with E-state index in [1.165, 1.54) is 0 Å². The van der Waals surface area contributed by atoms with E-state index in [4.69, 9.17) is 5.11 Å². The first-order valence-corrected chi connectivity index (χ1v) is 8.12. The fourth-order valence-corrected chi connectivity index (χ4v) is 0. The van der Waals surface area contributed by atoms with Crippen LogP contribution in [0.3, 0.4) is 0 Å². The quantitative estimate of drug-likeness (QED) is 0.454. The Balaban J connectivity index is 2.85. The Morgan fingerprint density at radius 3 is 2.20 bits per heavy atom. The number of hydrogen-bond acceptors (Lipinski definition) is 1. The van der Waals surface area contributed by atoms with Gasteiger partial charge in [-0.2, -0.15) is 0 Å². The average molecular weight is 299 g/mol. The molecule has 0 fully saturated rings. The Labute approximate surface area is 49.4 Å². The van der Waals surface area contributed by atoms with Gasteiger partial charge in [0.05, 0.1) is 0 Å². The molecule has 0 aliphatic heterocycles. The van der Waals surface area contributed by atoms with Crippen LogP contribution >= 0.6 is 18.6 Å². The van der Waals surface area contributed by atoms with E-state index in [2.05, 4.69) is 0 Å². The molecule has 0 aliphatic carbocycles. The normalized spacial score (nSPS) is 8.20. The molecule has 0 aromatic rings. The molecule has 0 amide bonds. The third-order valence-corrected chi connectivity index (χ3v) is 2.75. The number of rotatable bonds is 1. The van der Waals surface area contributed by atoms with Crippen molar-refractivity contribution in [2.24, 2.45) is 0 Å². The summed E-state index contributed by atoms with van der Waals surface area (Å²) in [5.41, 5.74) is 0. The number of hydrogen-bond donors (Lipinski definition) is 1. The summed E-state index contributed by atoms with van der Waals surface area (Å²) in [4.78, 5) is 9.41. The van der Waals surface area contributed by atoms with Crippen molar-refractivity contribution >= 4 is 22.6 Å². The van der Waals surface area contributed by atoms with Crippen LogP contribution in [0.1, 0.15) is 0 Å². The molecule has 2 nitrogen and oxygen atoms in total. The van der Waals surface area contributed by atoms with E-state index >= 15 is 0 Å². The molecule has 32 valence electrons. The molecule has 1 N–H and O–H groups in total.